The van der Waals surface area contributed by atoms with Gasteiger partial charge in [0.2, 0.25) is 5.91 Å². The Morgan fingerprint density at radius 3 is 2.64 bits per heavy atom. The summed E-state index contributed by atoms with van der Waals surface area (Å²) in [6, 6.07) is 10.1. The van der Waals surface area contributed by atoms with Gasteiger partial charge in [0.05, 0.1) is 5.92 Å². The third-order valence-electron chi connectivity index (χ3n) is 6.34. The number of nitrogens with zero attached hydrogens (tertiary/aromatic N) is 3. The number of aromatic nitrogens is 2. The number of piperidine rings is 1. The largest absolute Gasteiger partial charge is 0.433 e. The molecule has 0 spiro atoms. The Morgan fingerprint density at radius 1 is 1.15 bits per heavy atom. The molecule has 2 aromatic heterocycles. The smallest absolute Gasteiger partial charge is 0.356 e. The van der Waals surface area contributed by atoms with Crippen LogP contribution in [0.2, 0.25) is 0 Å². The molecular weight excluding hydrogens is 429 g/mol. The quantitative estimate of drug-likeness (QED) is 0.566. The lowest BCUT2D eigenvalue weighted by molar-refractivity contribution is -0.141. The van der Waals surface area contributed by atoms with Gasteiger partial charge in [0.25, 0.3) is 0 Å². The van der Waals surface area contributed by atoms with Gasteiger partial charge in [0.1, 0.15) is 11.5 Å². The number of fused-ring (bicyclic) bond motifs is 1. The predicted molar refractivity (Wildman–Crippen MR) is 122 cm³/mol. The van der Waals surface area contributed by atoms with E-state index in [1.165, 1.54) is 6.07 Å². The van der Waals surface area contributed by atoms with E-state index in [0.717, 1.165) is 35.2 Å². The maximum absolute atomic E-state index is 13.3. The zero-order valence-electron chi connectivity index (χ0n) is 18.7. The van der Waals surface area contributed by atoms with Crippen molar-refractivity contribution in [2.75, 3.05) is 18.0 Å². The number of anilines is 1. The van der Waals surface area contributed by atoms with Crippen molar-refractivity contribution >= 4 is 22.5 Å². The number of carbonyl (C=O) groups excluding carboxylic acids is 1. The molecule has 0 aliphatic carbocycles. The maximum atomic E-state index is 13.3. The Morgan fingerprint density at radius 2 is 1.91 bits per heavy atom. The Hall–Kier alpha value is -3.16. The van der Waals surface area contributed by atoms with Crippen molar-refractivity contribution in [3.63, 3.8) is 0 Å². The van der Waals surface area contributed by atoms with E-state index < -0.39 is 17.8 Å². The van der Waals surface area contributed by atoms with Crippen molar-refractivity contribution in [2.45, 2.75) is 45.3 Å². The number of benzene rings is 1. The first kappa shape index (κ1) is 23.0. The zero-order valence-corrected chi connectivity index (χ0v) is 18.7. The molecule has 5 nitrogen and oxygen atoms in total. The molecule has 3 heterocycles. The van der Waals surface area contributed by atoms with E-state index in [0.29, 0.717) is 30.4 Å². The van der Waals surface area contributed by atoms with Crippen LogP contribution >= 0.6 is 0 Å². The summed E-state index contributed by atoms with van der Waals surface area (Å²) in [5.41, 5.74) is 0.537. The van der Waals surface area contributed by atoms with E-state index in [4.69, 9.17) is 0 Å². The van der Waals surface area contributed by atoms with Gasteiger partial charge in [0, 0.05) is 43.0 Å². The number of hydrogen-bond donors (Lipinski definition) is 1. The Balaban J connectivity index is 1.51. The molecule has 0 bridgehead atoms. The molecule has 1 unspecified atom stereocenters. The third-order valence-corrected chi connectivity index (χ3v) is 6.34. The van der Waals surface area contributed by atoms with Crippen molar-refractivity contribution in [3.8, 4) is 0 Å². The highest BCUT2D eigenvalue weighted by Crippen LogP contribution is 2.32. The monoisotopic (exact) mass is 456 g/mol. The van der Waals surface area contributed by atoms with Crippen LogP contribution in [-0.2, 0) is 17.5 Å². The average molecular weight is 457 g/mol. The number of halogens is 3. The van der Waals surface area contributed by atoms with Crippen LogP contribution in [-0.4, -0.2) is 29.0 Å². The third kappa shape index (κ3) is 5.26. The summed E-state index contributed by atoms with van der Waals surface area (Å²) >= 11 is 0. The predicted octanol–water partition coefficient (Wildman–Crippen LogP) is 5.30. The van der Waals surface area contributed by atoms with E-state index in [1.54, 1.807) is 12.4 Å². The molecule has 33 heavy (non-hydrogen) atoms. The number of rotatable bonds is 5. The zero-order chi connectivity index (χ0) is 23.6. The topological polar surface area (TPSA) is 58.1 Å². The minimum absolute atomic E-state index is 0.118. The van der Waals surface area contributed by atoms with Gasteiger partial charge in [-0.1, -0.05) is 31.2 Å². The SMILES string of the molecule is CC1CCN(c2nc(C(F)(F)F)ccc2CNC(=O)C(C)c2ccc3cnccc3c2)CC1. The second-order valence-corrected chi connectivity index (χ2v) is 8.77. The fraction of sp³-hybridized carbons (Fsp3) is 0.400. The summed E-state index contributed by atoms with van der Waals surface area (Å²) in [5, 5.41) is 4.88. The lowest BCUT2D eigenvalue weighted by Gasteiger charge is -2.33. The molecule has 3 aromatic rings. The minimum atomic E-state index is -4.51. The number of nitrogens with one attached hydrogen (secondary N) is 1. The first-order chi connectivity index (χ1) is 15.7. The second-order valence-electron chi connectivity index (χ2n) is 8.77. The molecule has 8 heteroatoms. The number of amides is 1. The molecule has 1 saturated heterocycles. The molecule has 174 valence electrons. The van der Waals surface area contributed by atoms with E-state index in [2.05, 4.69) is 22.2 Å². The van der Waals surface area contributed by atoms with Crippen LogP contribution in [0.1, 0.15) is 49.4 Å². The summed E-state index contributed by atoms with van der Waals surface area (Å²) in [7, 11) is 0. The summed E-state index contributed by atoms with van der Waals surface area (Å²) in [6.45, 7) is 5.38. The summed E-state index contributed by atoms with van der Waals surface area (Å²) < 4.78 is 39.9. The summed E-state index contributed by atoms with van der Waals surface area (Å²) in [4.78, 5) is 22.8. The van der Waals surface area contributed by atoms with E-state index in [9.17, 15) is 18.0 Å². The van der Waals surface area contributed by atoms with Gasteiger partial charge in [0.15, 0.2) is 0 Å². The average Bonchev–Trinajstić information content (AvgIpc) is 2.81. The number of hydrogen-bond acceptors (Lipinski definition) is 4. The van der Waals surface area contributed by atoms with Gasteiger partial charge >= 0.3 is 6.18 Å². The first-order valence-electron chi connectivity index (χ1n) is 11.2. The molecule has 1 aliphatic rings. The molecule has 1 N–H and O–H groups in total. The fourth-order valence-electron chi connectivity index (χ4n) is 4.13. The Kier molecular flexibility index (Phi) is 6.54. The number of carbonyl (C=O) groups is 1. The van der Waals surface area contributed by atoms with E-state index in [1.807, 2.05) is 36.1 Å². The molecule has 1 amide bonds. The molecule has 0 saturated carbocycles. The fourth-order valence-corrected chi connectivity index (χ4v) is 4.13. The van der Waals surface area contributed by atoms with Crippen molar-refractivity contribution in [1.82, 2.24) is 15.3 Å². The number of alkyl halides is 3. The second kappa shape index (κ2) is 9.37. The van der Waals surface area contributed by atoms with Crippen molar-refractivity contribution in [2.24, 2.45) is 5.92 Å². The molecule has 4 rings (SSSR count). The van der Waals surface area contributed by atoms with Crippen molar-refractivity contribution in [3.05, 3.63) is 65.6 Å². The molecular formula is C25H27F3N4O. The van der Waals surface area contributed by atoms with Gasteiger partial charge < -0.3 is 10.2 Å². The van der Waals surface area contributed by atoms with Gasteiger partial charge in [-0.05, 0) is 48.8 Å². The molecule has 0 radical (unpaired) electrons. The first-order valence-corrected chi connectivity index (χ1v) is 11.2. The van der Waals surface area contributed by atoms with Crippen LogP contribution in [0.25, 0.3) is 10.8 Å². The highest BCUT2D eigenvalue weighted by atomic mass is 19.4. The van der Waals surface area contributed by atoms with Gasteiger partial charge in [-0.15, -0.1) is 0 Å². The van der Waals surface area contributed by atoms with E-state index >= 15 is 0 Å². The molecule has 1 fully saturated rings. The minimum Gasteiger partial charge on any atom is -0.356 e. The molecule has 1 aliphatic heterocycles. The van der Waals surface area contributed by atoms with Crippen LogP contribution in [0.15, 0.2) is 48.8 Å². The van der Waals surface area contributed by atoms with E-state index in [-0.39, 0.29) is 12.5 Å². The standard InChI is InChI=1S/C25H27F3N4O/c1-16-8-11-32(12-9-16)23-21(5-6-22(31-23)25(26,27)28)15-30-24(33)17(2)18-3-4-20-14-29-10-7-19(20)13-18/h3-7,10,13-14,16-17H,8-9,11-12,15H2,1-2H3,(H,30,33). The van der Waals surface area contributed by atoms with Gasteiger partial charge in [-0.25, -0.2) is 4.98 Å². The lowest BCUT2D eigenvalue weighted by Crippen LogP contribution is -2.35. The lowest BCUT2D eigenvalue weighted by atomic mass is 9.97. The van der Waals surface area contributed by atoms with Crippen LogP contribution in [0.5, 0.6) is 0 Å². The summed E-state index contributed by atoms with van der Waals surface area (Å²) in [6.07, 6.45) is 0.762. The van der Waals surface area contributed by atoms with Gasteiger partial charge in [-0.3, -0.25) is 9.78 Å². The van der Waals surface area contributed by atoms with Crippen LogP contribution in [0, 0.1) is 5.92 Å². The molecule has 1 atom stereocenters. The number of pyridine rings is 2. The highest BCUT2D eigenvalue weighted by molar-refractivity contribution is 5.87. The molecule has 1 aromatic carbocycles. The van der Waals surface area contributed by atoms with Crippen LogP contribution in [0.3, 0.4) is 0 Å². The van der Waals surface area contributed by atoms with Crippen molar-refractivity contribution in [1.29, 1.82) is 0 Å². The highest BCUT2D eigenvalue weighted by Gasteiger charge is 2.34. The Labute approximate surface area is 191 Å². The van der Waals surface area contributed by atoms with Crippen LogP contribution < -0.4 is 10.2 Å². The van der Waals surface area contributed by atoms with Crippen molar-refractivity contribution < 1.29 is 18.0 Å². The Bertz CT molecular complexity index is 1140. The van der Waals surface area contributed by atoms with Gasteiger partial charge in [-0.2, -0.15) is 13.2 Å². The maximum Gasteiger partial charge on any atom is 0.433 e. The van der Waals surface area contributed by atoms with Crippen LogP contribution in [0.4, 0.5) is 19.0 Å². The normalized spacial score (nSPS) is 16.1. The summed E-state index contributed by atoms with van der Waals surface area (Å²) in [5.74, 6) is 0.238.